The Hall–Kier alpha value is -1.07. The van der Waals surface area contributed by atoms with Gasteiger partial charge in [-0.1, -0.05) is 15.9 Å². The van der Waals surface area contributed by atoms with Crippen molar-refractivity contribution in [1.29, 1.82) is 0 Å². The quantitative estimate of drug-likeness (QED) is 0.821. The van der Waals surface area contributed by atoms with Gasteiger partial charge in [0.25, 0.3) is 0 Å². The number of carbonyl (C=O) groups is 1. The van der Waals surface area contributed by atoms with E-state index in [1.807, 2.05) is 19.2 Å². The van der Waals surface area contributed by atoms with Crippen LogP contribution in [0.1, 0.15) is 18.4 Å². The zero-order valence-corrected chi connectivity index (χ0v) is 11.9. The SMILES string of the molecule is CN1CCC(C(=O)O)(c2cc(Br)ccc2N)CC1. The standard InChI is InChI=1S/C13H17BrN2O2/c1-16-6-4-13(5-7-16,12(17)18)10-8-9(14)2-3-11(10)15/h2-3,8H,4-7,15H2,1H3,(H,17,18). The van der Waals surface area contributed by atoms with E-state index in [9.17, 15) is 9.90 Å². The van der Waals surface area contributed by atoms with Crippen LogP contribution in [-0.2, 0) is 10.2 Å². The third kappa shape index (κ3) is 2.24. The first-order valence-electron chi connectivity index (χ1n) is 5.93. The third-order valence-electron chi connectivity index (χ3n) is 3.78. The van der Waals surface area contributed by atoms with Crippen molar-refractivity contribution in [1.82, 2.24) is 4.90 Å². The van der Waals surface area contributed by atoms with E-state index in [-0.39, 0.29) is 0 Å². The zero-order chi connectivity index (χ0) is 13.3. The number of nitrogens with zero attached hydrogens (tertiary/aromatic N) is 1. The number of halogens is 1. The lowest BCUT2D eigenvalue weighted by Crippen LogP contribution is -2.46. The van der Waals surface area contributed by atoms with Gasteiger partial charge in [-0.3, -0.25) is 4.79 Å². The van der Waals surface area contributed by atoms with Gasteiger partial charge in [-0.25, -0.2) is 0 Å². The lowest BCUT2D eigenvalue weighted by atomic mass is 9.72. The summed E-state index contributed by atoms with van der Waals surface area (Å²) in [6.07, 6.45) is 1.19. The van der Waals surface area contributed by atoms with Gasteiger partial charge in [-0.2, -0.15) is 0 Å². The Bertz CT molecular complexity index is 468. The molecule has 0 saturated carbocycles. The maximum Gasteiger partial charge on any atom is 0.314 e. The van der Waals surface area contributed by atoms with Crippen LogP contribution in [0.2, 0.25) is 0 Å². The second kappa shape index (κ2) is 4.90. The molecule has 1 heterocycles. The van der Waals surface area contributed by atoms with Crippen LogP contribution >= 0.6 is 15.9 Å². The van der Waals surface area contributed by atoms with Crippen LogP contribution in [0, 0.1) is 0 Å². The molecule has 1 aromatic carbocycles. The van der Waals surface area contributed by atoms with Crippen LogP contribution in [0.4, 0.5) is 5.69 Å². The summed E-state index contributed by atoms with van der Waals surface area (Å²) in [5.41, 5.74) is 6.43. The molecule has 1 saturated heterocycles. The third-order valence-corrected chi connectivity index (χ3v) is 4.27. The number of benzene rings is 1. The Balaban J connectivity index is 2.47. The number of carboxylic acid groups (broad SMARTS) is 1. The van der Waals surface area contributed by atoms with Gasteiger partial charge in [0.15, 0.2) is 0 Å². The summed E-state index contributed by atoms with van der Waals surface area (Å²) in [6.45, 7) is 1.55. The average molecular weight is 313 g/mol. The monoisotopic (exact) mass is 312 g/mol. The van der Waals surface area contributed by atoms with Gasteiger partial charge in [0.2, 0.25) is 0 Å². The van der Waals surface area contributed by atoms with Crippen LogP contribution in [0.5, 0.6) is 0 Å². The van der Waals surface area contributed by atoms with E-state index in [0.717, 1.165) is 23.1 Å². The minimum atomic E-state index is -0.847. The van der Waals surface area contributed by atoms with Crippen molar-refractivity contribution in [2.24, 2.45) is 0 Å². The molecule has 1 aliphatic heterocycles. The predicted molar refractivity (Wildman–Crippen MR) is 74.6 cm³/mol. The lowest BCUT2D eigenvalue weighted by Gasteiger charge is -2.38. The van der Waals surface area contributed by atoms with E-state index >= 15 is 0 Å². The molecule has 2 rings (SSSR count). The number of hydrogen-bond donors (Lipinski definition) is 2. The number of nitrogens with two attached hydrogens (primary N) is 1. The van der Waals surface area contributed by atoms with Crippen LogP contribution in [0.15, 0.2) is 22.7 Å². The minimum Gasteiger partial charge on any atom is -0.481 e. The number of piperidine rings is 1. The van der Waals surface area contributed by atoms with Gasteiger partial charge < -0.3 is 15.7 Å². The van der Waals surface area contributed by atoms with E-state index < -0.39 is 11.4 Å². The predicted octanol–water partition coefficient (Wildman–Crippen LogP) is 2.08. The summed E-state index contributed by atoms with van der Waals surface area (Å²) in [4.78, 5) is 13.9. The molecular weight excluding hydrogens is 296 g/mol. The summed E-state index contributed by atoms with van der Waals surface area (Å²) in [7, 11) is 2.01. The normalized spacial score (nSPS) is 19.7. The van der Waals surface area contributed by atoms with Crippen LogP contribution < -0.4 is 5.73 Å². The smallest absolute Gasteiger partial charge is 0.314 e. The highest BCUT2D eigenvalue weighted by Gasteiger charge is 2.43. The van der Waals surface area contributed by atoms with Crippen LogP contribution in [0.3, 0.4) is 0 Å². The Morgan fingerprint density at radius 2 is 2.06 bits per heavy atom. The number of aliphatic carboxylic acids is 1. The molecule has 5 heteroatoms. The van der Waals surface area contributed by atoms with Gasteiger partial charge in [0, 0.05) is 10.2 Å². The fourth-order valence-corrected chi connectivity index (χ4v) is 2.90. The Morgan fingerprint density at radius 3 is 2.61 bits per heavy atom. The van der Waals surface area contributed by atoms with Crippen molar-refractivity contribution in [3.8, 4) is 0 Å². The molecule has 0 amide bonds. The van der Waals surface area contributed by atoms with Crippen molar-refractivity contribution in [3.63, 3.8) is 0 Å². The molecule has 0 aromatic heterocycles. The molecular formula is C13H17BrN2O2. The second-order valence-electron chi connectivity index (χ2n) is 4.92. The number of carboxylic acids is 1. The van der Waals surface area contributed by atoms with E-state index in [4.69, 9.17) is 5.73 Å². The topological polar surface area (TPSA) is 66.6 Å². The van der Waals surface area contributed by atoms with Crippen molar-refractivity contribution in [2.45, 2.75) is 18.3 Å². The molecule has 0 aliphatic carbocycles. The summed E-state index contributed by atoms with van der Waals surface area (Å²) < 4.78 is 0.867. The van der Waals surface area contributed by atoms with Gasteiger partial charge in [-0.15, -0.1) is 0 Å². The van der Waals surface area contributed by atoms with Crippen molar-refractivity contribution >= 4 is 27.6 Å². The van der Waals surface area contributed by atoms with Crippen LogP contribution in [0.25, 0.3) is 0 Å². The molecule has 3 N–H and O–H groups in total. The van der Waals surface area contributed by atoms with E-state index in [2.05, 4.69) is 20.8 Å². The fraction of sp³-hybridized carbons (Fsp3) is 0.462. The molecule has 1 aliphatic rings. The Labute approximate surface area is 115 Å². The van der Waals surface area contributed by atoms with Crippen LogP contribution in [-0.4, -0.2) is 36.1 Å². The highest BCUT2D eigenvalue weighted by atomic mass is 79.9. The molecule has 18 heavy (non-hydrogen) atoms. The molecule has 0 radical (unpaired) electrons. The first-order valence-corrected chi connectivity index (χ1v) is 6.72. The highest BCUT2D eigenvalue weighted by molar-refractivity contribution is 9.10. The minimum absolute atomic E-state index is 0.560. The number of rotatable bonds is 2. The largest absolute Gasteiger partial charge is 0.481 e. The van der Waals surface area contributed by atoms with Gasteiger partial charge in [0.05, 0.1) is 5.41 Å². The van der Waals surface area contributed by atoms with Gasteiger partial charge in [0.1, 0.15) is 0 Å². The maximum atomic E-state index is 11.8. The van der Waals surface area contributed by atoms with Gasteiger partial charge >= 0.3 is 5.97 Å². The molecule has 4 nitrogen and oxygen atoms in total. The van der Waals surface area contributed by atoms with Crippen molar-refractivity contribution < 1.29 is 9.90 Å². The maximum absolute atomic E-state index is 11.8. The Morgan fingerprint density at radius 1 is 1.44 bits per heavy atom. The van der Waals surface area contributed by atoms with E-state index in [0.29, 0.717) is 18.5 Å². The highest BCUT2D eigenvalue weighted by Crippen LogP contribution is 2.39. The molecule has 98 valence electrons. The summed E-state index contributed by atoms with van der Waals surface area (Å²) in [6, 6.07) is 5.44. The van der Waals surface area contributed by atoms with Crippen molar-refractivity contribution in [3.05, 3.63) is 28.2 Å². The molecule has 1 aromatic rings. The summed E-state index contributed by atoms with van der Waals surface area (Å²) in [5.74, 6) is -0.777. The molecule has 0 atom stereocenters. The Kier molecular flexibility index (Phi) is 3.64. The second-order valence-corrected chi connectivity index (χ2v) is 5.84. The number of hydrogen-bond acceptors (Lipinski definition) is 3. The molecule has 1 fully saturated rings. The first-order chi connectivity index (χ1) is 8.45. The number of likely N-dealkylation sites (tertiary alicyclic amines) is 1. The molecule has 0 unspecified atom stereocenters. The van der Waals surface area contributed by atoms with E-state index in [1.165, 1.54) is 0 Å². The lowest BCUT2D eigenvalue weighted by molar-refractivity contribution is -0.145. The fourth-order valence-electron chi connectivity index (χ4n) is 2.54. The summed E-state index contributed by atoms with van der Waals surface area (Å²) in [5, 5.41) is 9.65. The number of nitrogen functional groups attached to an aromatic ring is 1. The average Bonchev–Trinajstić information content (AvgIpc) is 2.33. The molecule has 0 spiro atoms. The van der Waals surface area contributed by atoms with Crippen molar-refractivity contribution in [2.75, 3.05) is 25.9 Å². The van der Waals surface area contributed by atoms with Gasteiger partial charge in [-0.05, 0) is 56.7 Å². The zero-order valence-electron chi connectivity index (χ0n) is 10.3. The number of anilines is 1. The molecule has 0 bridgehead atoms. The first kappa shape index (κ1) is 13.4. The summed E-state index contributed by atoms with van der Waals surface area (Å²) >= 11 is 3.39. The van der Waals surface area contributed by atoms with E-state index in [1.54, 1.807) is 6.07 Å².